The number of hydrogen-bond acceptors (Lipinski definition) is 4. The lowest BCUT2D eigenvalue weighted by Crippen LogP contribution is -2.41. The van der Waals surface area contributed by atoms with E-state index in [0.29, 0.717) is 16.2 Å². The molecule has 4 nitrogen and oxygen atoms in total. The highest BCUT2D eigenvalue weighted by atomic mass is 79.9. The van der Waals surface area contributed by atoms with Crippen LogP contribution in [-0.2, 0) is 4.74 Å². The van der Waals surface area contributed by atoms with E-state index in [1.165, 1.54) is 12.5 Å². The minimum absolute atomic E-state index is 0.257. The van der Waals surface area contributed by atoms with Gasteiger partial charge in [-0.3, -0.25) is 0 Å². The van der Waals surface area contributed by atoms with Gasteiger partial charge in [-0.1, -0.05) is 0 Å². The largest absolute Gasteiger partial charge is 0.383 e. The quantitative estimate of drug-likeness (QED) is 0.803. The predicted molar refractivity (Wildman–Crippen MR) is 81.6 cm³/mol. The number of nitrogens with one attached hydrogen (secondary N) is 1. The maximum Gasteiger partial charge on any atom is 0.166 e. The van der Waals surface area contributed by atoms with E-state index in [1.54, 1.807) is 13.3 Å². The number of ether oxygens (including phenoxy) is 1. The Hall–Kier alpha value is -0.720. The second-order valence-corrected chi connectivity index (χ2v) is 6.03. The van der Waals surface area contributed by atoms with Crippen LogP contribution in [0.3, 0.4) is 0 Å². The third-order valence-corrected chi connectivity index (χ3v) is 3.96. The first kappa shape index (κ1) is 15.7. The van der Waals surface area contributed by atoms with E-state index < -0.39 is 0 Å². The number of rotatable bonds is 6. The van der Waals surface area contributed by atoms with Crippen molar-refractivity contribution in [2.24, 2.45) is 5.92 Å². The summed E-state index contributed by atoms with van der Waals surface area (Å²) >= 11 is 3.24. The number of methoxy groups -OCH3 is 1. The van der Waals surface area contributed by atoms with Gasteiger partial charge in [0.2, 0.25) is 0 Å². The molecule has 1 N–H and O–H groups in total. The monoisotopic (exact) mass is 345 g/mol. The fraction of sp³-hybridized carbons (Fsp3) is 0.643. The lowest BCUT2D eigenvalue weighted by Gasteiger charge is -2.33. The van der Waals surface area contributed by atoms with Crippen molar-refractivity contribution in [2.75, 3.05) is 44.8 Å². The van der Waals surface area contributed by atoms with Crippen LogP contribution in [0.2, 0.25) is 0 Å². The molecular weight excluding hydrogens is 325 g/mol. The van der Waals surface area contributed by atoms with Crippen LogP contribution in [0, 0.1) is 11.7 Å². The van der Waals surface area contributed by atoms with Gasteiger partial charge < -0.3 is 15.0 Å². The maximum atomic E-state index is 13.9. The van der Waals surface area contributed by atoms with Crippen LogP contribution in [0.25, 0.3) is 0 Å². The number of nitrogens with zero attached hydrogens (tertiary/aromatic N) is 2. The molecule has 0 radical (unpaired) electrons. The normalized spacial score (nSPS) is 19.4. The fourth-order valence-electron chi connectivity index (χ4n) is 2.54. The second kappa shape index (κ2) is 7.90. The van der Waals surface area contributed by atoms with E-state index in [1.807, 2.05) is 4.90 Å². The summed E-state index contributed by atoms with van der Waals surface area (Å²) in [6, 6.07) is 1.47. The predicted octanol–water partition coefficient (Wildman–Crippen LogP) is 2.44. The third kappa shape index (κ3) is 4.40. The van der Waals surface area contributed by atoms with Crippen molar-refractivity contribution in [3.63, 3.8) is 0 Å². The summed E-state index contributed by atoms with van der Waals surface area (Å²) in [5, 5.41) is 3.38. The van der Waals surface area contributed by atoms with Gasteiger partial charge in [0.15, 0.2) is 11.6 Å². The summed E-state index contributed by atoms with van der Waals surface area (Å²) in [4.78, 5) is 6.26. The van der Waals surface area contributed by atoms with Gasteiger partial charge in [0.05, 0.1) is 6.61 Å². The topological polar surface area (TPSA) is 37.4 Å². The van der Waals surface area contributed by atoms with Crippen LogP contribution in [0.4, 0.5) is 10.2 Å². The van der Waals surface area contributed by atoms with Crippen molar-refractivity contribution in [3.05, 3.63) is 22.6 Å². The average Bonchev–Trinajstić information content (AvgIpc) is 2.44. The zero-order valence-corrected chi connectivity index (χ0v) is 13.3. The number of piperidine rings is 1. The van der Waals surface area contributed by atoms with Gasteiger partial charge in [-0.05, 0) is 47.3 Å². The molecule has 1 unspecified atom stereocenters. The van der Waals surface area contributed by atoms with Gasteiger partial charge in [0, 0.05) is 37.4 Å². The van der Waals surface area contributed by atoms with Gasteiger partial charge in [-0.2, -0.15) is 0 Å². The molecule has 112 valence electrons. The summed E-state index contributed by atoms with van der Waals surface area (Å²) in [5.74, 6) is 0.743. The summed E-state index contributed by atoms with van der Waals surface area (Å²) in [5.41, 5.74) is 0. The first-order valence-corrected chi connectivity index (χ1v) is 7.75. The van der Waals surface area contributed by atoms with E-state index in [0.717, 1.165) is 39.2 Å². The Balaban J connectivity index is 1.89. The Morgan fingerprint density at radius 1 is 1.60 bits per heavy atom. The van der Waals surface area contributed by atoms with Gasteiger partial charge >= 0.3 is 0 Å². The van der Waals surface area contributed by atoms with E-state index >= 15 is 0 Å². The molecule has 1 saturated heterocycles. The van der Waals surface area contributed by atoms with E-state index in [2.05, 4.69) is 26.2 Å². The smallest absolute Gasteiger partial charge is 0.166 e. The fourth-order valence-corrected chi connectivity index (χ4v) is 2.85. The van der Waals surface area contributed by atoms with Crippen molar-refractivity contribution >= 4 is 21.7 Å². The van der Waals surface area contributed by atoms with Crippen LogP contribution in [0.15, 0.2) is 16.7 Å². The van der Waals surface area contributed by atoms with Crippen LogP contribution in [0.5, 0.6) is 0 Å². The molecule has 0 aliphatic carbocycles. The van der Waals surface area contributed by atoms with Crippen LogP contribution in [-0.4, -0.2) is 44.9 Å². The van der Waals surface area contributed by atoms with Crippen molar-refractivity contribution < 1.29 is 9.13 Å². The summed E-state index contributed by atoms with van der Waals surface area (Å²) in [7, 11) is 1.70. The Morgan fingerprint density at radius 2 is 2.45 bits per heavy atom. The molecule has 1 aliphatic heterocycles. The lowest BCUT2D eigenvalue weighted by molar-refractivity contribution is 0.197. The minimum Gasteiger partial charge on any atom is -0.383 e. The Kier molecular flexibility index (Phi) is 6.19. The molecule has 1 aromatic heterocycles. The van der Waals surface area contributed by atoms with Gasteiger partial charge in [0.1, 0.15) is 0 Å². The minimum atomic E-state index is -0.257. The van der Waals surface area contributed by atoms with Crippen molar-refractivity contribution in [1.29, 1.82) is 0 Å². The van der Waals surface area contributed by atoms with Crippen molar-refractivity contribution in [3.8, 4) is 0 Å². The van der Waals surface area contributed by atoms with Gasteiger partial charge in [-0.25, -0.2) is 9.37 Å². The highest BCUT2D eigenvalue weighted by molar-refractivity contribution is 9.10. The van der Waals surface area contributed by atoms with Crippen LogP contribution >= 0.6 is 15.9 Å². The first-order chi connectivity index (χ1) is 9.70. The molecule has 1 aliphatic rings. The summed E-state index contributed by atoms with van der Waals surface area (Å²) < 4.78 is 19.6. The average molecular weight is 346 g/mol. The molecule has 0 saturated carbocycles. The van der Waals surface area contributed by atoms with E-state index in [9.17, 15) is 4.39 Å². The zero-order valence-electron chi connectivity index (χ0n) is 11.7. The number of hydrogen-bond donors (Lipinski definition) is 1. The first-order valence-electron chi connectivity index (χ1n) is 6.96. The number of aromatic nitrogens is 1. The lowest BCUT2D eigenvalue weighted by atomic mass is 9.98. The van der Waals surface area contributed by atoms with Crippen LogP contribution in [0.1, 0.15) is 12.8 Å². The SMILES string of the molecule is COCCNCC1CCCN(c2ncc(Br)cc2F)C1. The van der Waals surface area contributed by atoms with Crippen molar-refractivity contribution in [1.82, 2.24) is 10.3 Å². The molecule has 0 bridgehead atoms. The third-order valence-electron chi connectivity index (χ3n) is 3.52. The molecule has 0 spiro atoms. The van der Waals surface area contributed by atoms with Gasteiger partial charge in [-0.15, -0.1) is 0 Å². The highest BCUT2D eigenvalue weighted by Gasteiger charge is 2.22. The molecule has 0 aromatic carbocycles. The Morgan fingerprint density at radius 3 is 3.20 bits per heavy atom. The Labute approximate surface area is 127 Å². The maximum absolute atomic E-state index is 13.9. The molecule has 20 heavy (non-hydrogen) atoms. The molecule has 2 heterocycles. The standard InChI is InChI=1S/C14H21BrFN3O/c1-20-6-4-17-8-11-3-2-5-19(10-11)14-13(16)7-12(15)9-18-14/h7,9,11,17H,2-6,8,10H2,1H3. The zero-order chi connectivity index (χ0) is 14.4. The molecule has 2 rings (SSSR count). The van der Waals surface area contributed by atoms with E-state index in [4.69, 9.17) is 4.74 Å². The van der Waals surface area contributed by atoms with Crippen molar-refractivity contribution in [2.45, 2.75) is 12.8 Å². The second-order valence-electron chi connectivity index (χ2n) is 5.11. The van der Waals surface area contributed by atoms with E-state index in [-0.39, 0.29) is 5.82 Å². The summed E-state index contributed by atoms with van der Waals surface area (Å²) in [6.07, 6.45) is 3.90. The number of halogens is 2. The molecule has 1 aromatic rings. The summed E-state index contributed by atoms with van der Waals surface area (Å²) in [6.45, 7) is 4.25. The molecule has 1 atom stereocenters. The van der Waals surface area contributed by atoms with Gasteiger partial charge in [0.25, 0.3) is 0 Å². The molecule has 6 heteroatoms. The Bertz CT molecular complexity index is 433. The number of anilines is 1. The number of pyridine rings is 1. The van der Waals surface area contributed by atoms with Crippen LogP contribution < -0.4 is 10.2 Å². The molecule has 1 fully saturated rings. The molecular formula is C14H21BrFN3O. The highest BCUT2D eigenvalue weighted by Crippen LogP contribution is 2.25. The molecule has 0 amide bonds.